The number of hydrogen-bond acceptors (Lipinski definition) is 0. The van der Waals surface area contributed by atoms with Crippen molar-refractivity contribution in [1.82, 2.24) is 0 Å². The lowest BCUT2D eigenvalue weighted by atomic mass is 10.1. The maximum atomic E-state index is 12.3. The number of benzene rings is 2. The minimum Gasteiger partial charge on any atom is -0.207 e. The van der Waals surface area contributed by atoms with Gasteiger partial charge in [-0.15, -0.1) is 0 Å². The summed E-state index contributed by atoms with van der Waals surface area (Å²) in [6.07, 6.45) is 0. The van der Waals surface area contributed by atoms with Crippen molar-refractivity contribution in [2.75, 3.05) is 0 Å². The van der Waals surface area contributed by atoms with E-state index < -0.39 is 0 Å². The average molecular weight is 268 g/mol. The summed E-state index contributed by atoms with van der Waals surface area (Å²) in [5.41, 5.74) is 5.59. The predicted octanol–water partition coefficient (Wildman–Crippen LogP) is 5.89. The van der Waals surface area contributed by atoms with Crippen molar-refractivity contribution in [3.05, 3.63) is 84.2 Å². The second-order valence-corrected chi connectivity index (χ2v) is 4.93. The first-order chi connectivity index (χ1) is 9.40. The maximum Gasteiger partial charge on any atom is 0.123 e. The molecule has 0 saturated carbocycles. The van der Waals surface area contributed by atoms with Crippen LogP contribution in [0.2, 0.25) is 0 Å². The van der Waals surface area contributed by atoms with E-state index in [0.29, 0.717) is 0 Å². The molecule has 20 heavy (non-hydrogen) atoms. The van der Waals surface area contributed by atoms with Crippen molar-refractivity contribution < 1.29 is 4.39 Å². The fourth-order valence-electron chi connectivity index (χ4n) is 1.57. The van der Waals surface area contributed by atoms with Gasteiger partial charge in [0.25, 0.3) is 0 Å². The molecule has 0 radical (unpaired) electrons. The molecule has 0 amide bonds. The van der Waals surface area contributed by atoms with E-state index in [0.717, 1.165) is 16.7 Å². The molecule has 0 saturated heterocycles. The lowest BCUT2D eigenvalue weighted by Gasteiger charge is -1.98. The van der Waals surface area contributed by atoms with Gasteiger partial charge in [0.2, 0.25) is 0 Å². The SMILES string of the molecule is C=C(C)c1ccc(C)cc1.C=C(C)c1ccc(F)cc1. The molecule has 2 aromatic carbocycles. The first kappa shape index (κ1) is 15.9. The Labute approximate surface area is 121 Å². The van der Waals surface area contributed by atoms with Gasteiger partial charge < -0.3 is 0 Å². The minimum absolute atomic E-state index is 0.204. The quantitative estimate of drug-likeness (QED) is 0.637. The Balaban J connectivity index is 0.000000200. The van der Waals surface area contributed by atoms with Gasteiger partial charge in [-0.1, -0.05) is 66.3 Å². The fraction of sp³-hybridized carbons (Fsp3) is 0.158. The Morgan fingerprint density at radius 2 is 1.10 bits per heavy atom. The van der Waals surface area contributed by atoms with Crippen LogP contribution < -0.4 is 0 Å². The van der Waals surface area contributed by atoms with E-state index in [1.165, 1.54) is 23.3 Å². The molecule has 0 nitrogen and oxygen atoms in total. The zero-order chi connectivity index (χ0) is 15.1. The molecule has 0 heterocycles. The van der Waals surface area contributed by atoms with Crippen molar-refractivity contribution >= 4 is 11.1 Å². The van der Waals surface area contributed by atoms with Crippen LogP contribution in [0.25, 0.3) is 11.1 Å². The number of rotatable bonds is 2. The largest absolute Gasteiger partial charge is 0.207 e. The molecule has 0 aliphatic carbocycles. The molecule has 1 heteroatoms. The van der Waals surface area contributed by atoms with Crippen LogP contribution in [0, 0.1) is 12.7 Å². The number of aryl methyl sites for hydroxylation is 1. The van der Waals surface area contributed by atoms with Gasteiger partial charge in [0, 0.05) is 0 Å². The molecule has 0 unspecified atom stereocenters. The first-order valence-corrected chi connectivity index (χ1v) is 6.54. The monoisotopic (exact) mass is 268 g/mol. The van der Waals surface area contributed by atoms with Crippen LogP contribution >= 0.6 is 0 Å². The zero-order valence-electron chi connectivity index (χ0n) is 12.4. The number of hydrogen-bond donors (Lipinski definition) is 0. The minimum atomic E-state index is -0.204. The van der Waals surface area contributed by atoms with Crippen LogP contribution in [0.4, 0.5) is 4.39 Å². The van der Waals surface area contributed by atoms with E-state index in [1.54, 1.807) is 12.1 Å². The van der Waals surface area contributed by atoms with Gasteiger partial charge in [0.1, 0.15) is 5.82 Å². The van der Waals surface area contributed by atoms with E-state index in [4.69, 9.17) is 0 Å². The topological polar surface area (TPSA) is 0 Å². The summed E-state index contributed by atoms with van der Waals surface area (Å²) in [6.45, 7) is 13.6. The normalized spacial score (nSPS) is 9.40. The zero-order valence-corrected chi connectivity index (χ0v) is 12.4. The molecule has 0 N–H and O–H groups in total. The van der Waals surface area contributed by atoms with E-state index >= 15 is 0 Å². The lowest BCUT2D eigenvalue weighted by Crippen LogP contribution is -1.77. The Bertz CT molecular complexity index is 519. The summed E-state index contributed by atoms with van der Waals surface area (Å²) >= 11 is 0. The van der Waals surface area contributed by atoms with Gasteiger partial charge in [-0.3, -0.25) is 0 Å². The standard InChI is InChI=1S/C10H12.C9H9F/c1-8(2)10-6-4-9(3)5-7-10;1-7(2)8-3-5-9(10)6-4-8/h4-7H,1H2,2-3H3;3-6H,1H2,2H3. The third-order valence-electron chi connectivity index (χ3n) is 2.88. The van der Waals surface area contributed by atoms with Crippen molar-refractivity contribution in [3.63, 3.8) is 0 Å². The fourth-order valence-corrected chi connectivity index (χ4v) is 1.57. The highest BCUT2D eigenvalue weighted by Crippen LogP contribution is 2.11. The summed E-state index contributed by atoms with van der Waals surface area (Å²) in [5.74, 6) is -0.204. The summed E-state index contributed by atoms with van der Waals surface area (Å²) in [4.78, 5) is 0. The van der Waals surface area contributed by atoms with Crippen LogP contribution in [0.5, 0.6) is 0 Å². The van der Waals surface area contributed by atoms with Crippen LogP contribution in [0.3, 0.4) is 0 Å². The third kappa shape index (κ3) is 5.23. The van der Waals surface area contributed by atoms with E-state index in [2.05, 4.69) is 44.3 Å². The molecular formula is C19H21F. The highest BCUT2D eigenvalue weighted by Gasteiger charge is 1.91. The van der Waals surface area contributed by atoms with E-state index in [9.17, 15) is 4.39 Å². The molecule has 0 atom stereocenters. The van der Waals surface area contributed by atoms with E-state index in [1.807, 2.05) is 13.8 Å². The molecule has 2 aromatic rings. The average Bonchev–Trinajstić information content (AvgIpc) is 2.40. The van der Waals surface area contributed by atoms with Gasteiger partial charge in [-0.05, 0) is 44.0 Å². The van der Waals surface area contributed by atoms with Gasteiger partial charge >= 0.3 is 0 Å². The highest BCUT2D eigenvalue weighted by molar-refractivity contribution is 5.61. The molecule has 0 bridgehead atoms. The van der Waals surface area contributed by atoms with Crippen molar-refractivity contribution in [1.29, 1.82) is 0 Å². The smallest absolute Gasteiger partial charge is 0.123 e. The second kappa shape index (κ2) is 7.44. The molecule has 0 aliphatic rings. The Morgan fingerprint density at radius 1 is 0.750 bits per heavy atom. The van der Waals surface area contributed by atoms with Crippen LogP contribution in [0.15, 0.2) is 61.7 Å². The third-order valence-corrected chi connectivity index (χ3v) is 2.88. The van der Waals surface area contributed by atoms with Gasteiger partial charge in [-0.2, -0.15) is 0 Å². The van der Waals surface area contributed by atoms with E-state index in [-0.39, 0.29) is 5.82 Å². The molecule has 0 aromatic heterocycles. The van der Waals surface area contributed by atoms with Crippen molar-refractivity contribution in [3.8, 4) is 0 Å². The predicted molar refractivity (Wildman–Crippen MR) is 87.0 cm³/mol. The maximum absolute atomic E-state index is 12.3. The number of halogens is 1. The summed E-state index contributed by atoms with van der Waals surface area (Å²) in [6, 6.07) is 14.7. The van der Waals surface area contributed by atoms with Gasteiger partial charge in [-0.25, -0.2) is 4.39 Å². The Kier molecular flexibility index (Phi) is 5.92. The molecule has 2 rings (SSSR count). The van der Waals surface area contributed by atoms with Crippen LogP contribution in [-0.4, -0.2) is 0 Å². The Hall–Kier alpha value is -2.15. The Morgan fingerprint density at radius 3 is 1.45 bits per heavy atom. The first-order valence-electron chi connectivity index (χ1n) is 6.54. The summed E-state index contributed by atoms with van der Waals surface area (Å²) < 4.78 is 12.3. The van der Waals surface area contributed by atoms with Crippen LogP contribution in [-0.2, 0) is 0 Å². The lowest BCUT2D eigenvalue weighted by molar-refractivity contribution is 0.627. The van der Waals surface area contributed by atoms with Crippen LogP contribution in [0.1, 0.15) is 30.5 Å². The van der Waals surface area contributed by atoms with Crippen molar-refractivity contribution in [2.24, 2.45) is 0 Å². The molecule has 0 aliphatic heterocycles. The molecule has 104 valence electrons. The number of allylic oxidation sites excluding steroid dienone is 2. The molecular weight excluding hydrogens is 247 g/mol. The van der Waals surface area contributed by atoms with Gasteiger partial charge in [0.05, 0.1) is 0 Å². The molecule has 0 spiro atoms. The van der Waals surface area contributed by atoms with Gasteiger partial charge in [0.15, 0.2) is 0 Å². The second-order valence-electron chi connectivity index (χ2n) is 4.93. The summed E-state index contributed by atoms with van der Waals surface area (Å²) in [7, 11) is 0. The highest BCUT2D eigenvalue weighted by atomic mass is 19.1. The summed E-state index contributed by atoms with van der Waals surface area (Å²) in [5, 5.41) is 0. The van der Waals surface area contributed by atoms with Crippen molar-refractivity contribution in [2.45, 2.75) is 20.8 Å². The molecule has 0 fully saturated rings.